The summed E-state index contributed by atoms with van der Waals surface area (Å²) in [7, 11) is 0. The lowest BCUT2D eigenvalue weighted by molar-refractivity contribution is -0.120. The number of allylic oxidation sites excluding steroid dienone is 1. The molecule has 1 aliphatic heterocycles. The molecule has 1 aliphatic carbocycles. The van der Waals surface area contributed by atoms with Crippen LogP contribution in [-0.4, -0.2) is 16.8 Å². The van der Waals surface area contributed by atoms with E-state index in [0.29, 0.717) is 17.0 Å². The van der Waals surface area contributed by atoms with Crippen molar-refractivity contribution in [1.29, 1.82) is 0 Å². The standard InChI is InChI=1S/C9H12OS/c10-8-5-1-3-7-4-2-6-11-9(7)8/h2,4,7,9H,1,3,5-6H2/t7-,9+/m1/s1. The summed E-state index contributed by atoms with van der Waals surface area (Å²) in [6.07, 6.45) is 7.58. The van der Waals surface area contributed by atoms with E-state index in [0.717, 1.165) is 18.6 Å². The van der Waals surface area contributed by atoms with Crippen LogP contribution < -0.4 is 0 Å². The molecule has 1 heterocycles. The van der Waals surface area contributed by atoms with E-state index >= 15 is 0 Å². The first-order chi connectivity index (χ1) is 5.38. The first-order valence-electron chi connectivity index (χ1n) is 4.19. The van der Waals surface area contributed by atoms with Crippen LogP contribution in [0.3, 0.4) is 0 Å². The third-order valence-corrected chi connectivity index (χ3v) is 3.78. The summed E-state index contributed by atoms with van der Waals surface area (Å²) in [4.78, 5) is 11.4. The van der Waals surface area contributed by atoms with Crippen LogP contribution >= 0.6 is 11.8 Å². The predicted octanol–water partition coefficient (Wildman–Crippen LogP) is 2.03. The zero-order valence-electron chi connectivity index (χ0n) is 6.45. The van der Waals surface area contributed by atoms with E-state index in [9.17, 15) is 4.79 Å². The summed E-state index contributed by atoms with van der Waals surface area (Å²) in [6.45, 7) is 0. The number of rotatable bonds is 0. The van der Waals surface area contributed by atoms with Crippen LogP contribution in [0, 0.1) is 5.92 Å². The number of carbonyl (C=O) groups is 1. The SMILES string of the molecule is O=C1CCC[C@@H]2C=CCS[C@H]12. The van der Waals surface area contributed by atoms with Crippen LogP contribution in [0.4, 0.5) is 0 Å². The minimum absolute atomic E-state index is 0.314. The van der Waals surface area contributed by atoms with Crippen LogP contribution in [0.2, 0.25) is 0 Å². The Labute approximate surface area is 71.2 Å². The number of thioether (sulfide) groups is 1. The molecule has 60 valence electrons. The second kappa shape index (κ2) is 3.02. The highest BCUT2D eigenvalue weighted by Crippen LogP contribution is 2.34. The minimum Gasteiger partial charge on any atom is -0.298 e. The maximum atomic E-state index is 11.4. The Kier molecular flexibility index (Phi) is 2.03. The monoisotopic (exact) mass is 168 g/mol. The van der Waals surface area contributed by atoms with Crippen molar-refractivity contribution in [2.24, 2.45) is 5.92 Å². The van der Waals surface area contributed by atoms with E-state index in [4.69, 9.17) is 0 Å². The van der Waals surface area contributed by atoms with Crippen molar-refractivity contribution in [3.05, 3.63) is 12.2 Å². The van der Waals surface area contributed by atoms with E-state index in [1.165, 1.54) is 6.42 Å². The highest BCUT2D eigenvalue weighted by Gasteiger charge is 2.31. The zero-order valence-corrected chi connectivity index (χ0v) is 7.27. The Balaban J connectivity index is 2.15. The fourth-order valence-electron chi connectivity index (χ4n) is 1.85. The highest BCUT2D eigenvalue weighted by molar-refractivity contribution is 8.00. The van der Waals surface area contributed by atoms with Gasteiger partial charge in [0.25, 0.3) is 0 Å². The molecule has 2 atom stereocenters. The van der Waals surface area contributed by atoms with Crippen molar-refractivity contribution in [2.75, 3.05) is 5.75 Å². The van der Waals surface area contributed by atoms with E-state index in [1.54, 1.807) is 0 Å². The Morgan fingerprint density at radius 3 is 3.27 bits per heavy atom. The van der Waals surface area contributed by atoms with Gasteiger partial charge in [0.1, 0.15) is 5.78 Å². The van der Waals surface area contributed by atoms with Crippen molar-refractivity contribution in [3.63, 3.8) is 0 Å². The van der Waals surface area contributed by atoms with Gasteiger partial charge in [0, 0.05) is 12.2 Å². The van der Waals surface area contributed by atoms with Gasteiger partial charge >= 0.3 is 0 Å². The van der Waals surface area contributed by atoms with Gasteiger partial charge in [-0.2, -0.15) is 0 Å². The lowest BCUT2D eigenvalue weighted by atomic mass is 9.87. The van der Waals surface area contributed by atoms with Gasteiger partial charge in [-0.05, 0) is 18.8 Å². The van der Waals surface area contributed by atoms with Crippen molar-refractivity contribution in [3.8, 4) is 0 Å². The maximum Gasteiger partial charge on any atom is 0.146 e. The molecule has 1 fully saturated rings. The Morgan fingerprint density at radius 1 is 1.55 bits per heavy atom. The molecular formula is C9H12OS. The van der Waals surface area contributed by atoms with E-state index in [-0.39, 0.29) is 0 Å². The Hall–Kier alpha value is -0.240. The molecule has 0 aromatic rings. The molecule has 0 bridgehead atoms. The lowest BCUT2D eigenvalue weighted by Gasteiger charge is -2.29. The average molecular weight is 168 g/mol. The van der Waals surface area contributed by atoms with Crippen molar-refractivity contribution in [1.82, 2.24) is 0 Å². The van der Waals surface area contributed by atoms with Crippen LogP contribution in [-0.2, 0) is 4.79 Å². The largest absolute Gasteiger partial charge is 0.298 e. The molecule has 1 saturated carbocycles. The molecular weight excluding hydrogens is 156 g/mol. The summed E-state index contributed by atoms with van der Waals surface area (Å²) in [5.41, 5.74) is 0. The molecule has 2 heteroatoms. The molecule has 11 heavy (non-hydrogen) atoms. The number of hydrogen-bond acceptors (Lipinski definition) is 2. The topological polar surface area (TPSA) is 17.1 Å². The fourth-order valence-corrected chi connectivity index (χ4v) is 3.05. The van der Waals surface area contributed by atoms with Crippen molar-refractivity contribution < 1.29 is 4.79 Å². The van der Waals surface area contributed by atoms with Crippen LogP contribution in [0.5, 0.6) is 0 Å². The molecule has 1 nitrogen and oxygen atoms in total. The van der Waals surface area contributed by atoms with Crippen molar-refractivity contribution >= 4 is 17.5 Å². The fraction of sp³-hybridized carbons (Fsp3) is 0.667. The van der Waals surface area contributed by atoms with Crippen LogP contribution in [0.15, 0.2) is 12.2 Å². The van der Waals surface area contributed by atoms with Gasteiger partial charge in [0.2, 0.25) is 0 Å². The van der Waals surface area contributed by atoms with Crippen LogP contribution in [0.25, 0.3) is 0 Å². The quantitative estimate of drug-likeness (QED) is 0.515. The van der Waals surface area contributed by atoms with E-state index < -0.39 is 0 Å². The number of Topliss-reactive ketones (excluding diaryl/α,β-unsaturated/α-hetero) is 1. The van der Waals surface area contributed by atoms with Gasteiger partial charge < -0.3 is 0 Å². The third kappa shape index (κ3) is 1.36. The van der Waals surface area contributed by atoms with Crippen molar-refractivity contribution in [2.45, 2.75) is 24.5 Å². The maximum absolute atomic E-state index is 11.4. The van der Waals surface area contributed by atoms with Gasteiger partial charge in [0.05, 0.1) is 5.25 Å². The molecule has 0 radical (unpaired) electrons. The Morgan fingerprint density at radius 2 is 2.45 bits per heavy atom. The molecule has 0 saturated heterocycles. The molecule has 2 rings (SSSR count). The highest BCUT2D eigenvalue weighted by atomic mass is 32.2. The zero-order chi connectivity index (χ0) is 7.68. The predicted molar refractivity (Wildman–Crippen MR) is 47.7 cm³/mol. The van der Waals surface area contributed by atoms with Gasteiger partial charge in [-0.1, -0.05) is 12.2 Å². The summed E-state index contributed by atoms with van der Waals surface area (Å²) in [5.74, 6) is 2.08. The second-order valence-electron chi connectivity index (χ2n) is 3.20. The third-order valence-electron chi connectivity index (χ3n) is 2.42. The van der Waals surface area contributed by atoms with Gasteiger partial charge in [-0.3, -0.25) is 4.79 Å². The van der Waals surface area contributed by atoms with Gasteiger partial charge in [-0.15, -0.1) is 11.8 Å². The number of fused-ring (bicyclic) bond motifs is 1. The summed E-state index contributed by atoms with van der Waals surface area (Å²) < 4.78 is 0. The van der Waals surface area contributed by atoms with Crippen LogP contribution in [0.1, 0.15) is 19.3 Å². The molecule has 0 spiro atoms. The molecule has 0 unspecified atom stereocenters. The first kappa shape index (κ1) is 7.41. The average Bonchev–Trinajstić information content (AvgIpc) is 2.06. The smallest absolute Gasteiger partial charge is 0.146 e. The van der Waals surface area contributed by atoms with Gasteiger partial charge in [-0.25, -0.2) is 0 Å². The number of hydrogen-bond donors (Lipinski definition) is 0. The second-order valence-corrected chi connectivity index (χ2v) is 4.38. The summed E-state index contributed by atoms with van der Waals surface area (Å²) in [5, 5.41) is 0.314. The molecule has 2 aliphatic rings. The van der Waals surface area contributed by atoms with E-state index in [2.05, 4.69) is 12.2 Å². The first-order valence-corrected chi connectivity index (χ1v) is 5.24. The van der Waals surface area contributed by atoms with Gasteiger partial charge in [0.15, 0.2) is 0 Å². The van der Waals surface area contributed by atoms with E-state index in [1.807, 2.05) is 11.8 Å². The summed E-state index contributed by atoms with van der Waals surface area (Å²) >= 11 is 1.82. The Bertz CT molecular complexity index is 198. The molecule has 0 N–H and O–H groups in total. The molecule has 0 aromatic heterocycles. The number of carbonyl (C=O) groups excluding carboxylic acids is 1. The summed E-state index contributed by atoms with van der Waals surface area (Å²) in [6, 6.07) is 0. The minimum atomic E-state index is 0.314. The molecule has 0 aromatic carbocycles. The normalized spacial score (nSPS) is 36.9. The number of ketones is 1. The lowest BCUT2D eigenvalue weighted by Crippen LogP contribution is -2.31. The molecule has 0 amide bonds.